The Morgan fingerprint density at radius 2 is 1.73 bits per heavy atom. The van der Waals surface area contributed by atoms with Gasteiger partial charge in [-0.15, -0.1) is 0 Å². The Kier molecular flexibility index (Phi) is 7.58. The van der Waals surface area contributed by atoms with Gasteiger partial charge in [-0.25, -0.2) is 8.42 Å². The van der Waals surface area contributed by atoms with Gasteiger partial charge in [-0.05, 0) is 48.7 Å². The number of benzene rings is 2. The molecule has 0 radical (unpaired) electrons. The number of amides is 1. The van der Waals surface area contributed by atoms with E-state index >= 15 is 0 Å². The summed E-state index contributed by atoms with van der Waals surface area (Å²) >= 11 is 5.98. The van der Waals surface area contributed by atoms with E-state index in [1.807, 2.05) is 12.1 Å². The number of halogens is 1. The molecule has 0 N–H and O–H groups in total. The molecule has 2 saturated heterocycles. The maximum atomic E-state index is 13.4. The molecule has 2 aliphatic heterocycles. The molecule has 2 aromatic rings. The molecule has 2 aromatic carbocycles. The summed E-state index contributed by atoms with van der Waals surface area (Å²) in [6.45, 7) is 2.17. The molecule has 9 heteroatoms. The first kappa shape index (κ1) is 24.0. The van der Waals surface area contributed by atoms with Crippen molar-refractivity contribution in [3.8, 4) is 5.75 Å². The van der Waals surface area contributed by atoms with E-state index in [2.05, 4.69) is 0 Å². The summed E-state index contributed by atoms with van der Waals surface area (Å²) in [5.41, 5.74) is 1.26. The second-order valence-corrected chi connectivity index (χ2v) is 10.7. The van der Waals surface area contributed by atoms with E-state index < -0.39 is 10.0 Å². The molecule has 2 fully saturated rings. The lowest BCUT2D eigenvalue weighted by atomic mass is 10.1. The molecular formula is C24H29ClN2O5S. The van der Waals surface area contributed by atoms with Gasteiger partial charge in [-0.3, -0.25) is 4.79 Å². The van der Waals surface area contributed by atoms with Crippen LogP contribution in [0.4, 0.5) is 0 Å². The minimum atomic E-state index is -3.77. The Morgan fingerprint density at radius 3 is 2.39 bits per heavy atom. The average molecular weight is 493 g/mol. The number of hydrogen-bond donors (Lipinski definition) is 0. The van der Waals surface area contributed by atoms with Gasteiger partial charge in [-0.1, -0.05) is 36.6 Å². The maximum absolute atomic E-state index is 13.4. The van der Waals surface area contributed by atoms with Crippen molar-refractivity contribution in [3.63, 3.8) is 0 Å². The number of hydrogen-bond acceptors (Lipinski definition) is 5. The lowest BCUT2D eigenvalue weighted by Gasteiger charge is -2.33. The van der Waals surface area contributed by atoms with Crippen LogP contribution in [0.5, 0.6) is 5.75 Å². The summed E-state index contributed by atoms with van der Waals surface area (Å²) in [4.78, 5) is 15.1. The van der Waals surface area contributed by atoms with E-state index in [4.69, 9.17) is 21.1 Å². The molecule has 0 aliphatic carbocycles. The van der Waals surface area contributed by atoms with Crippen molar-refractivity contribution in [2.24, 2.45) is 0 Å². The van der Waals surface area contributed by atoms with E-state index in [-0.39, 0.29) is 22.7 Å². The summed E-state index contributed by atoms with van der Waals surface area (Å²) in [7, 11) is -2.33. The number of rotatable bonds is 5. The van der Waals surface area contributed by atoms with E-state index in [0.29, 0.717) is 43.4 Å². The van der Waals surface area contributed by atoms with Crippen LogP contribution in [0.1, 0.15) is 47.7 Å². The Balaban J connectivity index is 1.58. The second-order valence-electron chi connectivity index (χ2n) is 8.35. The van der Waals surface area contributed by atoms with Crippen LogP contribution >= 0.6 is 11.6 Å². The summed E-state index contributed by atoms with van der Waals surface area (Å²) in [5.74, 6) is 0.0176. The number of ether oxygens (including phenoxy) is 2. The zero-order valence-corrected chi connectivity index (χ0v) is 20.3. The molecular weight excluding hydrogens is 464 g/mol. The van der Waals surface area contributed by atoms with Gasteiger partial charge in [0, 0.05) is 30.2 Å². The molecule has 33 heavy (non-hydrogen) atoms. The highest BCUT2D eigenvalue weighted by atomic mass is 35.5. The first-order valence-corrected chi connectivity index (χ1v) is 13.1. The third-order valence-electron chi connectivity index (χ3n) is 6.19. The normalized spacial score (nSPS) is 20.3. The number of carbonyl (C=O) groups excluding carboxylic acids is 1. The molecule has 0 bridgehead atoms. The van der Waals surface area contributed by atoms with Crippen LogP contribution in [0.3, 0.4) is 0 Å². The molecule has 7 nitrogen and oxygen atoms in total. The molecule has 4 rings (SSSR count). The van der Waals surface area contributed by atoms with Crippen molar-refractivity contribution in [1.29, 1.82) is 0 Å². The van der Waals surface area contributed by atoms with Gasteiger partial charge in [0.15, 0.2) is 0 Å². The van der Waals surface area contributed by atoms with Crippen molar-refractivity contribution in [2.75, 3.05) is 39.9 Å². The number of sulfonamides is 1. The van der Waals surface area contributed by atoms with Crippen LogP contribution in [-0.2, 0) is 14.8 Å². The lowest BCUT2D eigenvalue weighted by molar-refractivity contribution is -0.0228. The van der Waals surface area contributed by atoms with Crippen LogP contribution in [0, 0.1) is 0 Å². The fourth-order valence-electron chi connectivity index (χ4n) is 4.33. The number of nitrogens with zero attached hydrogens (tertiary/aromatic N) is 2. The Hall–Kier alpha value is -2.13. The van der Waals surface area contributed by atoms with E-state index in [9.17, 15) is 13.2 Å². The Morgan fingerprint density at radius 1 is 1.03 bits per heavy atom. The van der Waals surface area contributed by atoms with Crippen LogP contribution in [-0.4, -0.2) is 63.4 Å². The Labute approximate surface area is 200 Å². The van der Waals surface area contributed by atoms with Crippen LogP contribution in [0.25, 0.3) is 0 Å². The standard InChI is InChI=1S/C24H29ClN2O5S/c1-31-21-11-8-19(16-23(21)33(29,30)27-12-4-2-3-5-13-27)24(28)26-14-15-32-22(17-26)18-6-9-20(25)10-7-18/h6-11,16,22H,2-5,12-15,17H2,1H3. The summed E-state index contributed by atoms with van der Waals surface area (Å²) in [5, 5.41) is 0.638. The van der Waals surface area contributed by atoms with Crippen LogP contribution < -0.4 is 4.74 Å². The van der Waals surface area contributed by atoms with Gasteiger partial charge in [0.05, 0.1) is 20.3 Å². The first-order valence-electron chi connectivity index (χ1n) is 11.2. The zero-order chi connectivity index (χ0) is 23.4. The third-order valence-corrected chi connectivity index (χ3v) is 8.36. The van der Waals surface area contributed by atoms with Crippen molar-refractivity contribution < 1.29 is 22.7 Å². The van der Waals surface area contributed by atoms with Gasteiger partial charge in [-0.2, -0.15) is 4.31 Å². The van der Waals surface area contributed by atoms with Crippen molar-refractivity contribution in [2.45, 2.75) is 36.7 Å². The topological polar surface area (TPSA) is 76.1 Å². The van der Waals surface area contributed by atoms with Crippen molar-refractivity contribution in [1.82, 2.24) is 9.21 Å². The molecule has 1 unspecified atom stereocenters. The molecule has 0 spiro atoms. The SMILES string of the molecule is COc1ccc(C(=O)N2CCOC(c3ccc(Cl)cc3)C2)cc1S(=O)(=O)N1CCCCCC1. The van der Waals surface area contributed by atoms with E-state index in [1.165, 1.54) is 17.5 Å². The number of carbonyl (C=O) groups is 1. The molecule has 1 atom stereocenters. The van der Waals surface area contributed by atoms with Crippen LogP contribution in [0.2, 0.25) is 5.02 Å². The van der Waals surface area contributed by atoms with E-state index in [1.54, 1.807) is 29.2 Å². The van der Waals surface area contributed by atoms with Crippen molar-refractivity contribution >= 4 is 27.5 Å². The summed E-state index contributed by atoms with van der Waals surface area (Å²) in [6.07, 6.45) is 3.44. The number of methoxy groups -OCH3 is 1. The molecule has 2 aliphatic rings. The highest BCUT2D eigenvalue weighted by Gasteiger charge is 2.31. The second kappa shape index (κ2) is 10.4. The molecule has 178 valence electrons. The summed E-state index contributed by atoms with van der Waals surface area (Å²) in [6, 6.07) is 12.0. The van der Waals surface area contributed by atoms with Gasteiger partial charge in [0.2, 0.25) is 10.0 Å². The highest BCUT2D eigenvalue weighted by molar-refractivity contribution is 7.89. The minimum absolute atomic E-state index is 0.0419. The molecule has 0 aromatic heterocycles. The largest absolute Gasteiger partial charge is 0.495 e. The fraction of sp³-hybridized carbons (Fsp3) is 0.458. The van der Waals surface area contributed by atoms with Gasteiger partial charge in [0.25, 0.3) is 5.91 Å². The predicted molar refractivity (Wildman–Crippen MR) is 126 cm³/mol. The highest BCUT2D eigenvalue weighted by Crippen LogP contribution is 2.31. The summed E-state index contributed by atoms with van der Waals surface area (Å²) < 4.78 is 39.6. The third kappa shape index (κ3) is 5.35. The van der Waals surface area contributed by atoms with E-state index in [0.717, 1.165) is 31.2 Å². The monoisotopic (exact) mass is 492 g/mol. The Bertz CT molecular complexity index is 1080. The van der Waals surface area contributed by atoms with Crippen molar-refractivity contribution in [3.05, 3.63) is 58.6 Å². The first-order chi connectivity index (χ1) is 15.9. The fourth-order valence-corrected chi connectivity index (χ4v) is 6.15. The zero-order valence-electron chi connectivity index (χ0n) is 18.7. The van der Waals surface area contributed by atoms with Gasteiger partial charge >= 0.3 is 0 Å². The molecule has 1 amide bonds. The number of morpholine rings is 1. The van der Waals surface area contributed by atoms with Gasteiger partial charge < -0.3 is 14.4 Å². The van der Waals surface area contributed by atoms with Crippen LogP contribution in [0.15, 0.2) is 47.4 Å². The van der Waals surface area contributed by atoms with Gasteiger partial charge in [0.1, 0.15) is 16.7 Å². The molecule has 0 saturated carbocycles. The quantitative estimate of drug-likeness (QED) is 0.627. The molecule has 2 heterocycles. The lowest BCUT2D eigenvalue weighted by Crippen LogP contribution is -2.42. The average Bonchev–Trinajstić information content (AvgIpc) is 3.14. The smallest absolute Gasteiger partial charge is 0.254 e. The maximum Gasteiger partial charge on any atom is 0.254 e. The predicted octanol–water partition coefficient (Wildman–Crippen LogP) is 4.13. The minimum Gasteiger partial charge on any atom is -0.495 e.